The summed E-state index contributed by atoms with van der Waals surface area (Å²) in [6.45, 7) is 2.39. The fraction of sp³-hybridized carbons (Fsp3) is 0.400. The molecule has 1 N–H and O–H groups in total. The molecule has 0 radical (unpaired) electrons. The lowest BCUT2D eigenvalue weighted by Crippen LogP contribution is -1.89. The summed E-state index contributed by atoms with van der Waals surface area (Å²) in [5.41, 5.74) is 2.71. The van der Waals surface area contributed by atoms with Crippen LogP contribution < -0.4 is 0 Å². The second-order valence-electron chi connectivity index (χ2n) is 2.70. The van der Waals surface area contributed by atoms with E-state index in [1.807, 2.05) is 0 Å². The number of rotatable bonds is 4. The highest BCUT2D eigenvalue weighted by molar-refractivity contribution is 7.98. The first-order valence-corrected chi connectivity index (χ1v) is 5.23. The van der Waals surface area contributed by atoms with E-state index >= 15 is 0 Å². The summed E-state index contributed by atoms with van der Waals surface area (Å²) in [5, 5.41) is 8.59. The van der Waals surface area contributed by atoms with E-state index in [1.54, 1.807) is 11.8 Å². The molecule has 0 amide bonds. The molecule has 66 valence electrons. The van der Waals surface area contributed by atoms with E-state index in [4.69, 9.17) is 5.11 Å². The van der Waals surface area contributed by atoms with Crippen LogP contribution in [0.2, 0.25) is 0 Å². The maximum absolute atomic E-state index is 8.59. The van der Waals surface area contributed by atoms with Gasteiger partial charge in [-0.05, 0) is 18.1 Å². The molecular formula is C10H14OS. The van der Waals surface area contributed by atoms with Crippen molar-refractivity contribution in [2.24, 2.45) is 0 Å². The van der Waals surface area contributed by atoms with Gasteiger partial charge in [-0.2, -0.15) is 11.8 Å². The van der Waals surface area contributed by atoms with Crippen molar-refractivity contribution in [3.05, 3.63) is 35.4 Å². The molecule has 1 aromatic carbocycles. The van der Waals surface area contributed by atoms with Crippen molar-refractivity contribution in [2.45, 2.75) is 12.7 Å². The normalized spacial score (nSPS) is 10.2. The van der Waals surface area contributed by atoms with Crippen LogP contribution in [0.5, 0.6) is 0 Å². The van der Waals surface area contributed by atoms with Crippen LogP contribution in [0.3, 0.4) is 0 Å². The molecule has 0 saturated carbocycles. The Hall–Kier alpha value is -0.470. The Morgan fingerprint density at radius 1 is 1.33 bits per heavy atom. The molecule has 1 rings (SSSR count). The highest BCUT2D eigenvalue weighted by Crippen LogP contribution is 2.14. The van der Waals surface area contributed by atoms with Crippen molar-refractivity contribution in [1.82, 2.24) is 0 Å². The second-order valence-corrected chi connectivity index (χ2v) is 3.81. The molecule has 1 aromatic rings. The van der Waals surface area contributed by atoms with Crippen molar-refractivity contribution in [2.75, 3.05) is 12.4 Å². The lowest BCUT2D eigenvalue weighted by Gasteiger charge is -2.03. The van der Waals surface area contributed by atoms with E-state index < -0.39 is 0 Å². The van der Waals surface area contributed by atoms with E-state index in [-0.39, 0.29) is 6.61 Å². The molecule has 0 atom stereocenters. The van der Waals surface area contributed by atoms with Crippen LogP contribution in [-0.4, -0.2) is 17.5 Å². The van der Waals surface area contributed by atoms with Crippen LogP contribution in [0.4, 0.5) is 0 Å². The molecule has 0 aromatic heterocycles. The Kier molecular flexibility index (Phi) is 4.19. The van der Waals surface area contributed by atoms with Gasteiger partial charge in [0, 0.05) is 11.5 Å². The van der Waals surface area contributed by atoms with Gasteiger partial charge in [-0.1, -0.05) is 24.3 Å². The summed E-state index contributed by atoms with van der Waals surface area (Å²) >= 11 is 1.77. The maximum Gasteiger partial charge on any atom is 0.0521 e. The molecule has 1 nitrogen and oxygen atoms in total. The molecular weight excluding hydrogens is 168 g/mol. The number of aryl methyl sites for hydroxylation is 1. The standard InChI is InChI=1S/C10H14OS/c1-9-4-2-3-5-10(9)8-12-7-6-11/h2-5,11H,6-8H2,1H3. The zero-order valence-electron chi connectivity index (χ0n) is 7.29. The van der Waals surface area contributed by atoms with Gasteiger partial charge in [0.25, 0.3) is 0 Å². The first-order chi connectivity index (χ1) is 5.84. The third kappa shape index (κ3) is 2.88. The van der Waals surface area contributed by atoms with Gasteiger partial charge in [0.15, 0.2) is 0 Å². The van der Waals surface area contributed by atoms with E-state index in [0.29, 0.717) is 0 Å². The largest absolute Gasteiger partial charge is 0.396 e. The minimum atomic E-state index is 0.274. The second kappa shape index (κ2) is 5.22. The zero-order chi connectivity index (χ0) is 8.81. The van der Waals surface area contributed by atoms with Gasteiger partial charge in [0.05, 0.1) is 6.61 Å². The summed E-state index contributed by atoms with van der Waals surface area (Å²) in [6.07, 6.45) is 0. The number of hydrogen-bond acceptors (Lipinski definition) is 2. The van der Waals surface area contributed by atoms with Crippen LogP contribution >= 0.6 is 11.8 Å². The number of benzene rings is 1. The van der Waals surface area contributed by atoms with Crippen LogP contribution in [0.1, 0.15) is 11.1 Å². The molecule has 0 aliphatic rings. The van der Waals surface area contributed by atoms with Crippen LogP contribution in [0, 0.1) is 6.92 Å². The molecule has 0 spiro atoms. The Balaban J connectivity index is 2.46. The number of thioether (sulfide) groups is 1. The van der Waals surface area contributed by atoms with E-state index in [2.05, 4.69) is 31.2 Å². The monoisotopic (exact) mass is 182 g/mol. The van der Waals surface area contributed by atoms with Crippen molar-refractivity contribution < 1.29 is 5.11 Å². The van der Waals surface area contributed by atoms with Gasteiger partial charge < -0.3 is 5.11 Å². The quantitative estimate of drug-likeness (QED) is 0.720. The third-order valence-electron chi connectivity index (χ3n) is 1.75. The fourth-order valence-electron chi connectivity index (χ4n) is 1.02. The summed E-state index contributed by atoms with van der Waals surface area (Å²) in [6, 6.07) is 8.37. The first-order valence-electron chi connectivity index (χ1n) is 4.07. The smallest absolute Gasteiger partial charge is 0.0521 e. The zero-order valence-corrected chi connectivity index (χ0v) is 8.10. The Labute approximate surface area is 77.8 Å². The lowest BCUT2D eigenvalue weighted by atomic mass is 10.1. The molecule has 0 heterocycles. The number of aliphatic hydroxyl groups excluding tert-OH is 1. The van der Waals surface area contributed by atoms with Gasteiger partial charge in [0.1, 0.15) is 0 Å². The predicted octanol–water partition coefficient (Wildman–Crippen LogP) is 2.22. The average Bonchev–Trinajstić information content (AvgIpc) is 2.09. The first kappa shape index (κ1) is 9.62. The molecule has 0 aliphatic carbocycles. The van der Waals surface area contributed by atoms with E-state index in [9.17, 15) is 0 Å². The number of hydrogen-bond donors (Lipinski definition) is 1. The highest BCUT2D eigenvalue weighted by Gasteiger charge is 1.95. The lowest BCUT2D eigenvalue weighted by molar-refractivity contribution is 0.322. The van der Waals surface area contributed by atoms with Crippen molar-refractivity contribution in [3.63, 3.8) is 0 Å². The minimum absolute atomic E-state index is 0.274. The van der Waals surface area contributed by atoms with Gasteiger partial charge in [-0.15, -0.1) is 0 Å². The van der Waals surface area contributed by atoms with Gasteiger partial charge in [0.2, 0.25) is 0 Å². The summed E-state index contributed by atoms with van der Waals surface area (Å²) in [7, 11) is 0. The maximum atomic E-state index is 8.59. The number of aliphatic hydroxyl groups is 1. The van der Waals surface area contributed by atoms with Crippen molar-refractivity contribution in [1.29, 1.82) is 0 Å². The Morgan fingerprint density at radius 2 is 2.08 bits per heavy atom. The SMILES string of the molecule is Cc1ccccc1CSCCO. The molecule has 12 heavy (non-hydrogen) atoms. The van der Waals surface area contributed by atoms with Crippen molar-refractivity contribution in [3.8, 4) is 0 Å². The van der Waals surface area contributed by atoms with E-state index in [1.165, 1.54) is 11.1 Å². The van der Waals surface area contributed by atoms with Gasteiger partial charge in [-0.3, -0.25) is 0 Å². The molecule has 2 heteroatoms. The van der Waals surface area contributed by atoms with E-state index in [0.717, 1.165) is 11.5 Å². The fourth-order valence-corrected chi connectivity index (χ4v) is 1.84. The van der Waals surface area contributed by atoms with Gasteiger partial charge >= 0.3 is 0 Å². The summed E-state index contributed by atoms with van der Waals surface area (Å²) in [5.74, 6) is 1.83. The molecule has 0 saturated heterocycles. The van der Waals surface area contributed by atoms with Crippen LogP contribution in [0.25, 0.3) is 0 Å². The minimum Gasteiger partial charge on any atom is -0.396 e. The summed E-state index contributed by atoms with van der Waals surface area (Å²) < 4.78 is 0. The topological polar surface area (TPSA) is 20.2 Å². The molecule has 0 aliphatic heterocycles. The Bertz CT molecular complexity index is 235. The molecule has 0 bridgehead atoms. The summed E-state index contributed by atoms with van der Waals surface area (Å²) in [4.78, 5) is 0. The molecule has 0 unspecified atom stereocenters. The Morgan fingerprint density at radius 3 is 2.75 bits per heavy atom. The molecule has 0 fully saturated rings. The van der Waals surface area contributed by atoms with Gasteiger partial charge in [-0.25, -0.2) is 0 Å². The van der Waals surface area contributed by atoms with Crippen molar-refractivity contribution >= 4 is 11.8 Å². The third-order valence-corrected chi connectivity index (χ3v) is 2.74. The average molecular weight is 182 g/mol. The highest BCUT2D eigenvalue weighted by atomic mass is 32.2. The predicted molar refractivity (Wildman–Crippen MR) is 54.4 cm³/mol. The van der Waals surface area contributed by atoms with Crippen LogP contribution in [-0.2, 0) is 5.75 Å². The van der Waals surface area contributed by atoms with Crippen LogP contribution in [0.15, 0.2) is 24.3 Å².